The van der Waals surface area contributed by atoms with Gasteiger partial charge in [0.1, 0.15) is 0 Å². The van der Waals surface area contributed by atoms with Gasteiger partial charge in [-0.15, -0.1) is 0 Å². The van der Waals surface area contributed by atoms with Crippen LogP contribution < -0.4 is 0 Å². The molecule has 0 aromatic heterocycles. The molecule has 0 atom stereocenters. The average molecular weight is 207 g/mol. The highest BCUT2D eigenvalue weighted by atomic mass is 16.3. The number of rotatable bonds is 6. The molecule has 0 aliphatic heterocycles. The highest BCUT2D eigenvalue weighted by Gasteiger charge is 2.02. The first-order chi connectivity index (χ1) is 7.30. The molecule has 2 nitrogen and oxygen atoms in total. The fraction of sp³-hybridized carbons (Fsp3) is 0.538. The Bertz CT molecular complexity index is 268. The molecule has 0 fully saturated rings. The maximum atomic E-state index is 8.89. The highest BCUT2D eigenvalue weighted by molar-refractivity contribution is 5.22. The van der Waals surface area contributed by atoms with E-state index in [9.17, 15) is 0 Å². The summed E-state index contributed by atoms with van der Waals surface area (Å²) in [5.74, 6) is 0. The molecule has 0 amide bonds. The van der Waals surface area contributed by atoms with Crippen LogP contribution >= 0.6 is 0 Å². The molecular formula is C13H21NO. The second-order valence-electron chi connectivity index (χ2n) is 3.76. The molecule has 0 aliphatic carbocycles. The summed E-state index contributed by atoms with van der Waals surface area (Å²) >= 11 is 0. The molecule has 0 spiro atoms. The van der Waals surface area contributed by atoms with Crippen molar-refractivity contribution in [2.24, 2.45) is 0 Å². The smallest absolute Gasteiger partial charge is 0.0558 e. The van der Waals surface area contributed by atoms with E-state index in [1.165, 1.54) is 11.1 Å². The Morgan fingerprint density at radius 3 is 2.13 bits per heavy atom. The van der Waals surface area contributed by atoms with Crippen molar-refractivity contribution in [2.75, 3.05) is 19.7 Å². The molecule has 0 unspecified atom stereocenters. The zero-order valence-corrected chi connectivity index (χ0v) is 9.74. The second kappa shape index (κ2) is 6.59. The van der Waals surface area contributed by atoms with E-state index >= 15 is 0 Å². The molecule has 1 aromatic rings. The van der Waals surface area contributed by atoms with E-state index < -0.39 is 0 Å². The van der Waals surface area contributed by atoms with E-state index in [1.54, 1.807) is 0 Å². The monoisotopic (exact) mass is 207 g/mol. The quantitative estimate of drug-likeness (QED) is 0.772. The number of hydrogen-bond acceptors (Lipinski definition) is 2. The van der Waals surface area contributed by atoms with Gasteiger partial charge in [-0.2, -0.15) is 0 Å². The van der Waals surface area contributed by atoms with E-state index in [0.29, 0.717) is 0 Å². The predicted molar refractivity (Wildman–Crippen MR) is 63.9 cm³/mol. The van der Waals surface area contributed by atoms with Crippen LogP contribution in [0.1, 0.15) is 25.0 Å². The predicted octanol–water partition coefficient (Wildman–Crippen LogP) is 2.06. The largest absolute Gasteiger partial charge is 0.395 e. The number of nitrogens with zero attached hydrogens (tertiary/aromatic N) is 1. The van der Waals surface area contributed by atoms with Crippen LogP contribution in [0, 0.1) is 0 Å². The number of aryl methyl sites for hydroxylation is 1. The summed E-state index contributed by atoms with van der Waals surface area (Å²) in [7, 11) is 0. The van der Waals surface area contributed by atoms with E-state index in [0.717, 1.165) is 26.1 Å². The van der Waals surface area contributed by atoms with Gasteiger partial charge in [-0.25, -0.2) is 0 Å². The summed E-state index contributed by atoms with van der Waals surface area (Å²) in [6.45, 7) is 7.19. The summed E-state index contributed by atoms with van der Waals surface area (Å²) < 4.78 is 0. The van der Waals surface area contributed by atoms with Gasteiger partial charge in [0.25, 0.3) is 0 Å². The fourth-order valence-electron chi connectivity index (χ4n) is 1.63. The Labute approximate surface area is 92.5 Å². The third-order valence-corrected chi connectivity index (χ3v) is 2.70. The summed E-state index contributed by atoms with van der Waals surface area (Å²) in [6.07, 6.45) is 1.09. The minimum atomic E-state index is 0.237. The van der Waals surface area contributed by atoms with Crippen molar-refractivity contribution >= 4 is 0 Å². The third kappa shape index (κ3) is 4.02. The first-order valence-corrected chi connectivity index (χ1v) is 5.71. The topological polar surface area (TPSA) is 23.5 Å². The molecule has 84 valence electrons. The average Bonchev–Trinajstić information content (AvgIpc) is 2.29. The van der Waals surface area contributed by atoms with Gasteiger partial charge >= 0.3 is 0 Å². The Balaban J connectivity index is 2.55. The lowest BCUT2D eigenvalue weighted by molar-refractivity contribution is 0.197. The number of aliphatic hydroxyl groups is 1. The van der Waals surface area contributed by atoms with Crippen LogP contribution in [0.3, 0.4) is 0 Å². The lowest BCUT2D eigenvalue weighted by atomic mass is 10.1. The summed E-state index contributed by atoms with van der Waals surface area (Å²) in [4.78, 5) is 2.24. The van der Waals surface area contributed by atoms with Crippen molar-refractivity contribution in [3.63, 3.8) is 0 Å². The van der Waals surface area contributed by atoms with Gasteiger partial charge in [0.2, 0.25) is 0 Å². The van der Waals surface area contributed by atoms with Gasteiger partial charge in [0.15, 0.2) is 0 Å². The molecule has 0 saturated carbocycles. The Morgan fingerprint density at radius 1 is 1.07 bits per heavy atom. The van der Waals surface area contributed by atoms with Gasteiger partial charge in [0.05, 0.1) is 6.61 Å². The number of hydrogen-bond donors (Lipinski definition) is 1. The molecule has 1 aromatic carbocycles. The lowest BCUT2D eigenvalue weighted by Gasteiger charge is -2.19. The molecule has 1 N–H and O–H groups in total. The van der Waals surface area contributed by atoms with Crippen molar-refractivity contribution in [1.82, 2.24) is 4.90 Å². The summed E-state index contributed by atoms with van der Waals surface area (Å²) in [6, 6.07) is 8.72. The van der Waals surface area contributed by atoms with Crippen molar-refractivity contribution in [1.29, 1.82) is 0 Å². The van der Waals surface area contributed by atoms with Gasteiger partial charge in [0, 0.05) is 13.1 Å². The Morgan fingerprint density at radius 2 is 1.67 bits per heavy atom. The van der Waals surface area contributed by atoms with Gasteiger partial charge in [-0.1, -0.05) is 38.1 Å². The van der Waals surface area contributed by atoms with Gasteiger partial charge < -0.3 is 5.11 Å². The molecule has 2 heteroatoms. The van der Waals surface area contributed by atoms with E-state index in [2.05, 4.69) is 43.0 Å². The number of aliphatic hydroxyl groups excluding tert-OH is 1. The van der Waals surface area contributed by atoms with Crippen LogP contribution in [0.15, 0.2) is 24.3 Å². The Hall–Kier alpha value is -0.860. The van der Waals surface area contributed by atoms with Crippen molar-refractivity contribution in [2.45, 2.75) is 26.8 Å². The van der Waals surface area contributed by atoms with Crippen LogP contribution in [-0.2, 0) is 13.0 Å². The summed E-state index contributed by atoms with van der Waals surface area (Å²) in [5, 5.41) is 8.89. The molecule has 0 heterocycles. The molecular weight excluding hydrogens is 186 g/mol. The van der Waals surface area contributed by atoms with Crippen molar-refractivity contribution in [3.8, 4) is 0 Å². The fourth-order valence-corrected chi connectivity index (χ4v) is 1.63. The molecule has 0 radical (unpaired) electrons. The molecule has 0 aliphatic rings. The van der Waals surface area contributed by atoms with Crippen molar-refractivity contribution < 1.29 is 5.11 Å². The minimum Gasteiger partial charge on any atom is -0.395 e. The zero-order valence-electron chi connectivity index (χ0n) is 9.74. The standard InChI is InChI=1S/C13H21NO/c1-3-12-5-7-13(8-6-12)11-14(4-2)9-10-15/h5-8,15H,3-4,9-11H2,1-2H3. The van der Waals surface area contributed by atoms with Crippen molar-refractivity contribution in [3.05, 3.63) is 35.4 Å². The maximum absolute atomic E-state index is 8.89. The lowest BCUT2D eigenvalue weighted by Crippen LogP contribution is -2.26. The number of benzene rings is 1. The molecule has 1 rings (SSSR count). The molecule has 15 heavy (non-hydrogen) atoms. The van der Waals surface area contributed by atoms with Crippen LogP contribution in [0.5, 0.6) is 0 Å². The Kier molecular flexibility index (Phi) is 5.37. The summed E-state index contributed by atoms with van der Waals surface area (Å²) in [5.41, 5.74) is 2.70. The van der Waals surface area contributed by atoms with Gasteiger partial charge in [-0.05, 0) is 24.1 Å². The minimum absolute atomic E-state index is 0.237. The van der Waals surface area contributed by atoms with Crippen LogP contribution in [0.25, 0.3) is 0 Å². The SMILES string of the molecule is CCc1ccc(CN(CC)CCO)cc1. The van der Waals surface area contributed by atoms with E-state index in [1.807, 2.05) is 0 Å². The van der Waals surface area contributed by atoms with Crippen LogP contribution in [0.2, 0.25) is 0 Å². The molecule has 0 saturated heterocycles. The molecule has 0 bridgehead atoms. The van der Waals surface area contributed by atoms with E-state index in [-0.39, 0.29) is 6.61 Å². The highest BCUT2D eigenvalue weighted by Crippen LogP contribution is 2.07. The van der Waals surface area contributed by atoms with Crippen LogP contribution in [-0.4, -0.2) is 29.7 Å². The normalized spacial score (nSPS) is 10.9. The number of likely N-dealkylation sites (N-methyl/N-ethyl adjacent to an activating group) is 1. The van der Waals surface area contributed by atoms with Crippen LogP contribution in [0.4, 0.5) is 0 Å². The first kappa shape index (κ1) is 12.2. The zero-order chi connectivity index (χ0) is 11.1. The first-order valence-electron chi connectivity index (χ1n) is 5.71. The van der Waals surface area contributed by atoms with Gasteiger partial charge in [-0.3, -0.25) is 4.90 Å². The maximum Gasteiger partial charge on any atom is 0.0558 e. The second-order valence-corrected chi connectivity index (χ2v) is 3.76. The van der Waals surface area contributed by atoms with E-state index in [4.69, 9.17) is 5.11 Å². The third-order valence-electron chi connectivity index (χ3n) is 2.70.